The first-order valence-electron chi connectivity index (χ1n) is 1.60. The van der Waals surface area contributed by atoms with Crippen LogP contribution >= 0.6 is 0 Å². The third-order valence-corrected chi connectivity index (χ3v) is 0.274. The Bertz CT molecular complexity index is 64.3. The van der Waals surface area contributed by atoms with Gasteiger partial charge in [0.05, 0.1) is 0 Å². The molecule has 0 fully saturated rings. The second-order valence-corrected chi connectivity index (χ2v) is 0.878. The summed E-state index contributed by atoms with van der Waals surface area (Å²) >= 11 is 0. The van der Waals surface area contributed by atoms with Crippen LogP contribution in [0.4, 0.5) is 0 Å². The highest BCUT2D eigenvalue weighted by molar-refractivity contribution is 5.21. The van der Waals surface area contributed by atoms with Crippen molar-refractivity contribution in [2.75, 3.05) is 0 Å². The molecular weight excluding hydrogens is 74.1 g/mol. The summed E-state index contributed by atoms with van der Waals surface area (Å²) in [6, 6.07) is 0. The van der Waals surface area contributed by atoms with Gasteiger partial charge in [-0.15, -0.1) is 6.58 Å². The van der Waals surface area contributed by atoms with E-state index in [-0.39, 0.29) is 0 Å². The van der Waals surface area contributed by atoms with Crippen LogP contribution in [0.25, 0.3) is 5.32 Å². The van der Waals surface area contributed by atoms with E-state index >= 15 is 0 Å². The van der Waals surface area contributed by atoms with Crippen molar-refractivity contribution >= 4 is 0 Å². The number of allylic oxidation sites excluding steroid dienone is 1. The summed E-state index contributed by atoms with van der Waals surface area (Å²) in [4.78, 5) is 0. The molecule has 0 aromatic carbocycles. The van der Waals surface area contributed by atoms with Crippen molar-refractivity contribution in [3.8, 4) is 0 Å². The fourth-order valence-electron chi connectivity index (χ4n) is 0.129. The van der Waals surface area contributed by atoms with E-state index in [0.717, 1.165) is 0 Å². The number of hydrogen-bond acceptors (Lipinski definition) is 0. The Kier molecular flexibility index (Phi) is 2.05. The molecule has 0 amide bonds. The van der Waals surface area contributed by atoms with Gasteiger partial charge >= 0.3 is 0 Å². The molecule has 0 N–H and O–H groups in total. The van der Waals surface area contributed by atoms with E-state index in [2.05, 4.69) is 25.4 Å². The van der Waals surface area contributed by atoms with Crippen molar-refractivity contribution in [1.29, 1.82) is 0 Å². The van der Waals surface area contributed by atoms with Gasteiger partial charge in [0.2, 0.25) is 0 Å². The zero-order valence-electron chi connectivity index (χ0n) is 3.65. The van der Waals surface area contributed by atoms with Crippen LogP contribution in [0.5, 0.6) is 0 Å². The molecule has 0 aromatic rings. The van der Waals surface area contributed by atoms with Gasteiger partial charge in [0.15, 0.2) is 0 Å². The molecule has 0 radical (unpaired) electrons. The van der Waals surface area contributed by atoms with Crippen molar-refractivity contribution in [3.05, 3.63) is 37.3 Å². The molecule has 0 aromatic heterocycles. The van der Waals surface area contributed by atoms with Gasteiger partial charge in [-0.1, -0.05) is 0 Å². The summed E-state index contributed by atoms with van der Waals surface area (Å²) in [6.45, 7) is 10.1. The predicted molar refractivity (Wildman–Crippen MR) is 28.1 cm³/mol. The summed E-state index contributed by atoms with van der Waals surface area (Å²) < 4.78 is 0. The third-order valence-electron chi connectivity index (χ3n) is 0.274. The minimum absolute atomic E-state index is 0.546. The standard InChI is InChI=1S/C5H7N/c1-4-6-5(2)3/h4H,1-3H2. The minimum Gasteiger partial charge on any atom is -0.630 e. The van der Waals surface area contributed by atoms with Gasteiger partial charge in [0.25, 0.3) is 0 Å². The molecule has 32 valence electrons. The van der Waals surface area contributed by atoms with Crippen molar-refractivity contribution in [2.45, 2.75) is 0 Å². The Hall–Kier alpha value is -0.850. The van der Waals surface area contributed by atoms with Gasteiger partial charge in [-0.25, -0.2) is 0 Å². The number of nitrogens with zero attached hydrogens (tertiary/aromatic N) is 1. The van der Waals surface area contributed by atoms with E-state index in [1.165, 1.54) is 6.20 Å². The number of rotatable bonds is 2. The van der Waals surface area contributed by atoms with Gasteiger partial charge in [0.1, 0.15) is 0 Å². The highest BCUT2D eigenvalue weighted by Gasteiger charge is 1.60. The van der Waals surface area contributed by atoms with Gasteiger partial charge in [-0.3, -0.25) is 0 Å². The first kappa shape index (κ1) is 5.15. The molecular formula is C5H7N. The summed E-state index contributed by atoms with van der Waals surface area (Å²) in [5, 5.41) is 3.58. The third kappa shape index (κ3) is 3.15. The summed E-state index contributed by atoms with van der Waals surface area (Å²) in [5.41, 5.74) is 0.546. The molecule has 0 saturated carbocycles. The van der Waals surface area contributed by atoms with Crippen LogP contribution in [0, 0.1) is 6.92 Å². The zero-order valence-corrected chi connectivity index (χ0v) is 3.65. The lowest BCUT2D eigenvalue weighted by molar-refractivity contribution is 1.67. The molecule has 0 bridgehead atoms. The molecule has 0 unspecified atom stereocenters. The lowest BCUT2D eigenvalue weighted by Crippen LogP contribution is -1.58. The fourth-order valence-corrected chi connectivity index (χ4v) is 0.129. The largest absolute Gasteiger partial charge is 0.630 e. The summed E-state index contributed by atoms with van der Waals surface area (Å²) in [6.07, 6.45) is 1.41. The van der Waals surface area contributed by atoms with Gasteiger partial charge in [0, 0.05) is 19.2 Å². The van der Waals surface area contributed by atoms with Crippen molar-refractivity contribution in [1.82, 2.24) is 0 Å². The first-order valence-corrected chi connectivity index (χ1v) is 1.60. The van der Waals surface area contributed by atoms with Crippen LogP contribution in [-0.4, -0.2) is 0 Å². The molecule has 1 nitrogen and oxygen atoms in total. The Balaban J connectivity index is 3.05. The van der Waals surface area contributed by atoms with E-state index in [1.807, 2.05) is 0 Å². The predicted octanol–water partition coefficient (Wildman–Crippen LogP) is 1.85. The zero-order chi connectivity index (χ0) is 4.99. The maximum Gasteiger partial charge on any atom is 0.0194 e. The van der Waals surface area contributed by atoms with Crippen molar-refractivity contribution in [2.24, 2.45) is 0 Å². The summed E-state index contributed by atoms with van der Waals surface area (Å²) in [7, 11) is 0. The topological polar surface area (TPSA) is 14.1 Å². The maximum atomic E-state index is 3.58. The molecule has 0 saturated heterocycles. The van der Waals surface area contributed by atoms with E-state index < -0.39 is 0 Å². The molecule has 0 rings (SSSR count). The van der Waals surface area contributed by atoms with Gasteiger partial charge in [-0.05, 0) is 0 Å². The van der Waals surface area contributed by atoms with Crippen LogP contribution in [0.15, 0.2) is 25.1 Å². The second kappa shape index (κ2) is 2.39. The monoisotopic (exact) mass is 81.1 g/mol. The van der Waals surface area contributed by atoms with Crippen LogP contribution < -0.4 is 0 Å². The SMILES string of the molecule is C=C[N-]C(=C)[CH2+]. The molecule has 0 heterocycles. The lowest BCUT2D eigenvalue weighted by atomic mass is 10.6. The average Bonchev–Trinajstić information content (AvgIpc) is 1.35. The Morgan fingerprint density at radius 3 is 2.33 bits per heavy atom. The average molecular weight is 81.1 g/mol. The van der Waals surface area contributed by atoms with Crippen molar-refractivity contribution < 1.29 is 0 Å². The molecule has 0 aliphatic carbocycles. The second-order valence-electron chi connectivity index (χ2n) is 0.878. The van der Waals surface area contributed by atoms with Gasteiger partial charge in [-0.2, -0.15) is 6.20 Å². The van der Waals surface area contributed by atoms with Crippen LogP contribution in [0.2, 0.25) is 0 Å². The van der Waals surface area contributed by atoms with E-state index in [1.54, 1.807) is 0 Å². The normalized spacial score (nSPS) is 6.67. The van der Waals surface area contributed by atoms with E-state index in [0.29, 0.717) is 5.70 Å². The van der Waals surface area contributed by atoms with Crippen LogP contribution in [0.3, 0.4) is 0 Å². The molecule has 0 aliphatic rings. The molecule has 0 atom stereocenters. The van der Waals surface area contributed by atoms with Crippen molar-refractivity contribution in [3.63, 3.8) is 0 Å². The number of hydrogen-bond donors (Lipinski definition) is 0. The highest BCUT2D eigenvalue weighted by atomic mass is 14.8. The molecule has 6 heavy (non-hydrogen) atoms. The smallest absolute Gasteiger partial charge is 0.0194 e. The highest BCUT2D eigenvalue weighted by Crippen LogP contribution is 1.96. The Labute approximate surface area is 38.4 Å². The first-order chi connectivity index (χ1) is 2.77. The quantitative estimate of drug-likeness (QED) is 0.450. The van der Waals surface area contributed by atoms with Gasteiger partial charge < -0.3 is 5.32 Å². The summed E-state index contributed by atoms with van der Waals surface area (Å²) in [5.74, 6) is 0. The van der Waals surface area contributed by atoms with E-state index in [4.69, 9.17) is 0 Å². The van der Waals surface area contributed by atoms with Crippen LogP contribution in [0.1, 0.15) is 0 Å². The molecule has 0 spiro atoms. The Morgan fingerprint density at radius 2 is 2.33 bits per heavy atom. The van der Waals surface area contributed by atoms with Crippen LogP contribution in [-0.2, 0) is 0 Å². The fraction of sp³-hybridized carbons (Fsp3) is 0. The maximum absolute atomic E-state index is 3.58. The molecule has 0 aliphatic heterocycles. The minimum atomic E-state index is 0.546. The molecule has 1 heteroatoms. The van der Waals surface area contributed by atoms with E-state index in [9.17, 15) is 0 Å². The Morgan fingerprint density at radius 1 is 1.83 bits per heavy atom. The lowest BCUT2D eigenvalue weighted by Gasteiger charge is -2.02.